The number of hydrogen-bond donors (Lipinski definition) is 1. The Morgan fingerprint density at radius 3 is 2.30 bits per heavy atom. The summed E-state index contributed by atoms with van der Waals surface area (Å²) in [6.07, 6.45) is 3.81. The van der Waals surface area contributed by atoms with E-state index in [0.717, 1.165) is 11.3 Å². The number of fused-ring (bicyclic) bond motifs is 1. The third-order valence-electron chi connectivity index (χ3n) is 5.47. The highest BCUT2D eigenvalue weighted by Crippen LogP contribution is 2.13. The minimum absolute atomic E-state index is 0.0877. The number of aromatic nitrogens is 2. The van der Waals surface area contributed by atoms with Gasteiger partial charge in [0.15, 0.2) is 0 Å². The molecule has 168 valence electrons. The normalized spacial score (nSPS) is 11.9. The van der Waals surface area contributed by atoms with Gasteiger partial charge in [0.1, 0.15) is 5.76 Å². The third kappa shape index (κ3) is 4.72. The molecule has 0 aliphatic carbocycles. The second-order valence-electron chi connectivity index (χ2n) is 7.94. The number of carbonyl (C=O) groups is 1. The van der Waals surface area contributed by atoms with Crippen LogP contribution in [0.25, 0.3) is 11.0 Å². The zero-order valence-electron chi connectivity index (χ0n) is 18.4. The number of benzene rings is 2. The van der Waals surface area contributed by atoms with Crippen LogP contribution in [0.5, 0.6) is 0 Å². The molecule has 0 saturated heterocycles. The fourth-order valence-electron chi connectivity index (χ4n) is 3.87. The average Bonchev–Trinajstić information content (AvgIpc) is 3.32. The van der Waals surface area contributed by atoms with E-state index in [2.05, 4.69) is 11.9 Å². The van der Waals surface area contributed by atoms with Gasteiger partial charge < -0.3 is 9.73 Å². The van der Waals surface area contributed by atoms with Crippen LogP contribution in [0.4, 0.5) is 0 Å². The van der Waals surface area contributed by atoms with E-state index in [1.165, 1.54) is 9.13 Å². The monoisotopic (exact) mass is 443 g/mol. The lowest BCUT2D eigenvalue weighted by molar-refractivity contribution is 0.0939. The average molecular weight is 444 g/mol. The van der Waals surface area contributed by atoms with Crippen molar-refractivity contribution in [1.82, 2.24) is 14.5 Å². The van der Waals surface area contributed by atoms with E-state index in [4.69, 9.17) is 4.42 Å². The Hall–Kier alpha value is -4.13. The number of allylic oxidation sites excluding steroid dienone is 1. The minimum atomic E-state index is -0.593. The molecule has 0 aliphatic heterocycles. The Morgan fingerprint density at radius 2 is 1.67 bits per heavy atom. The van der Waals surface area contributed by atoms with Gasteiger partial charge in [-0.3, -0.25) is 23.5 Å². The fourth-order valence-corrected chi connectivity index (χ4v) is 3.87. The first kappa shape index (κ1) is 22.1. The quantitative estimate of drug-likeness (QED) is 0.334. The topological polar surface area (TPSA) is 86.2 Å². The fraction of sp³-hybridized carbons (Fsp3) is 0.192. The summed E-state index contributed by atoms with van der Waals surface area (Å²) < 4.78 is 8.22. The van der Waals surface area contributed by atoms with Crippen molar-refractivity contribution >= 4 is 16.9 Å². The summed E-state index contributed by atoms with van der Waals surface area (Å²) in [7, 11) is 0. The Labute approximate surface area is 190 Å². The van der Waals surface area contributed by atoms with Gasteiger partial charge in [-0.05, 0) is 48.9 Å². The van der Waals surface area contributed by atoms with Crippen molar-refractivity contribution in [3.8, 4) is 0 Å². The van der Waals surface area contributed by atoms with Gasteiger partial charge in [-0.1, -0.05) is 30.3 Å². The summed E-state index contributed by atoms with van der Waals surface area (Å²) in [5.74, 6) is 0.626. The SMILES string of the molecule is C=CCn1c(=O)c(=O)n(Cc2ccc(C(=O)N[C@H](C)Cc3ccco3)cc2)c2ccccc21. The molecular formula is C26H25N3O4. The molecule has 1 atom stereocenters. The van der Waals surface area contributed by atoms with E-state index in [0.29, 0.717) is 23.0 Å². The van der Waals surface area contributed by atoms with E-state index in [9.17, 15) is 14.4 Å². The van der Waals surface area contributed by atoms with Gasteiger partial charge >= 0.3 is 11.1 Å². The molecule has 1 amide bonds. The Morgan fingerprint density at radius 1 is 1.00 bits per heavy atom. The lowest BCUT2D eigenvalue weighted by Crippen LogP contribution is -2.41. The molecule has 7 heteroatoms. The zero-order chi connectivity index (χ0) is 23.4. The number of nitrogens with zero attached hydrogens (tertiary/aromatic N) is 2. The van der Waals surface area contributed by atoms with Crippen LogP contribution in [-0.2, 0) is 19.5 Å². The third-order valence-corrected chi connectivity index (χ3v) is 5.47. The minimum Gasteiger partial charge on any atom is -0.469 e. The molecule has 0 radical (unpaired) electrons. The second-order valence-corrected chi connectivity index (χ2v) is 7.94. The molecule has 0 aliphatic rings. The van der Waals surface area contributed by atoms with E-state index in [1.54, 1.807) is 36.6 Å². The highest BCUT2D eigenvalue weighted by atomic mass is 16.3. The molecule has 2 aromatic heterocycles. The Balaban J connectivity index is 1.55. The van der Waals surface area contributed by atoms with E-state index < -0.39 is 11.1 Å². The number of furan rings is 1. The van der Waals surface area contributed by atoms with Gasteiger partial charge in [-0.15, -0.1) is 6.58 Å². The summed E-state index contributed by atoms with van der Waals surface area (Å²) in [5.41, 5.74) is 1.48. The molecule has 0 bridgehead atoms. The van der Waals surface area contributed by atoms with Crippen molar-refractivity contribution in [1.29, 1.82) is 0 Å². The maximum atomic E-state index is 12.8. The molecule has 4 rings (SSSR count). The predicted molar refractivity (Wildman–Crippen MR) is 128 cm³/mol. The van der Waals surface area contributed by atoms with Crippen molar-refractivity contribution in [3.63, 3.8) is 0 Å². The van der Waals surface area contributed by atoms with Gasteiger partial charge in [-0.25, -0.2) is 0 Å². The van der Waals surface area contributed by atoms with Gasteiger partial charge in [0.2, 0.25) is 0 Å². The van der Waals surface area contributed by atoms with Crippen LogP contribution in [0.1, 0.15) is 28.6 Å². The molecule has 4 aromatic rings. The smallest absolute Gasteiger partial charge is 0.317 e. The number of rotatable bonds is 8. The van der Waals surface area contributed by atoms with Crippen molar-refractivity contribution in [3.05, 3.63) is 117 Å². The standard InChI is InChI=1S/C26H25N3O4/c1-3-14-28-22-8-4-5-9-23(22)29(26(32)25(28)31)17-19-10-12-20(13-11-19)24(30)27-18(2)16-21-7-6-15-33-21/h3-13,15,18H,1,14,16-17H2,2H3,(H,27,30)/t18-/m1/s1. The Kier molecular flexibility index (Phi) is 6.40. The van der Waals surface area contributed by atoms with Crippen LogP contribution in [0.15, 0.2) is 93.6 Å². The van der Waals surface area contributed by atoms with Crippen molar-refractivity contribution in [2.45, 2.75) is 32.5 Å². The summed E-state index contributed by atoms with van der Waals surface area (Å²) in [6, 6.07) is 17.9. The van der Waals surface area contributed by atoms with Gasteiger partial charge in [0.25, 0.3) is 5.91 Å². The number of carbonyl (C=O) groups excluding carboxylic acids is 1. The number of para-hydroxylation sites is 2. The summed E-state index contributed by atoms with van der Waals surface area (Å²) in [6.45, 7) is 6.08. The van der Waals surface area contributed by atoms with Crippen molar-refractivity contribution < 1.29 is 9.21 Å². The van der Waals surface area contributed by atoms with Crippen LogP contribution in [0.2, 0.25) is 0 Å². The number of amides is 1. The van der Waals surface area contributed by atoms with E-state index in [1.807, 2.05) is 43.3 Å². The largest absolute Gasteiger partial charge is 0.469 e. The van der Waals surface area contributed by atoms with Crippen molar-refractivity contribution in [2.24, 2.45) is 0 Å². The first-order valence-electron chi connectivity index (χ1n) is 10.7. The molecule has 1 N–H and O–H groups in total. The van der Waals surface area contributed by atoms with Crippen LogP contribution in [0, 0.1) is 0 Å². The van der Waals surface area contributed by atoms with E-state index >= 15 is 0 Å². The maximum absolute atomic E-state index is 12.8. The van der Waals surface area contributed by atoms with Crippen LogP contribution >= 0.6 is 0 Å². The van der Waals surface area contributed by atoms with Crippen LogP contribution < -0.4 is 16.4 Å². The van der Waals surface area contributed by atoms with E-state index in [-0.39, 0.29) is 25.0 Å². The summed E-state index contributed by atoms with van der Waals surface area (Å²) in [4.78, 5) is 38.1. The molecular weight excluding hydrogens is 418 g/mol. The van der Waals surface area contributed by atoms with Gasteiger partial charge in [0, 0.05) is 24.6 Å². The molecule has 7 nitrogen and oxygen atoms in total. The lowest BCUT2D eigenvalue weighted by Gasteiger charge is -2.15. The van der Waals surface area contributed by atoms with Crippen LogP contribution in [-0.4, -0.2) is 21.1 Å². The molecule has 2 heterocycles. The molecule has 0 unspecified atom stereocenters. The van der Waals surface area contributed by atoms with Gasteiger partial charge in [0.05, 0.1) is 23.8 Å². The zero-order valence-corrected chi connectivity index (χ0v) is 18.4. The molecule has 2 aromatic carbocycles. The molecule has 0 saturated carbocycles. The highest BCUT2D eigenvalue weighted by Gasteiger charge is 2.14. The lowest BCUT2D eigenvalue weighted by atomic mass is 10.1. The number of nitrogens with one attached hydrogen (secondary N) is 1. The predicted octanol–water partition coefficient (Wildman–Crippen LogP) is 3.35. The first-order valence-corrected chi connectivity index (χ1v) is 10.7. The van der Waals surface area contributed by atoms with Crippen molar-refractivity contribution in [2.75, 3.05) is 0 Å². The molecule has 0 spiro atoms. The molecule has 0 fully saturated rings. The number of hydrogen-bond acceptors (Lipinski definition) is 4. The molecule has 33 heavy (non-hydrogen) atoms. The highest BCUT2D eigenvalue weighted by molar-refractivity contribution is 5.94. The summed E-state index contributed by atoms with van der Waals surface area (Å²) in [5, 5.41) is 2.96. The second kappa shape index (κ2) is 9.56. The first-order chi connectivity index (χ1) is 16.0. The maximum Gasteiger partial charge on any atom is 0.317 e. The van der Waals surface area contributed by atoms with Gasteiger partial charge in [-0.2, -0.15) is 0 Å². The Bertz CT molecular complexity index is 1400. The van der Waals surface area contributed by atoms with Crippen LogP contribution in [0.3, 0.4) is 0 Å². The summed E-state index contributed by atoms with van der Waals surface area (Å²) >= 11 is 0.